The Morgan fingerprint density at radius 1 is 1.37 bits per heavy atom. The predicted molar refractivity (Wildman–Crippen MR) is 107 cm³/mol. The van der Waals surface area contributed by atoms with Gasteiger partial charge in [-0.2, -0.15) is 0 Å². The Hall–Kier alpha value is -3.08. The zero-order valence-corrected chi connectivity index (χ0v) is 17.7. The number of amides is 1. The molecule has 0 radical (unpaired) electrons. The van der Waals surface area contributed by atoms with E-state index in [1.54, 1.807) is 0 Å². The molecular weight excluding hydrogens is 398 g/mol. The molecule has 1 aliphatic rings. The Morgan fingerprint density at radius 3 is 2.53 bits per heavy atom. The molecule has 1 atom stereocenters. The molecule has 1 amide bonds. The normalized spacial score (nSPS) is 19.2. The second-order valence-electron chi connectivity index (χ2n) is 7.97. The molecule has 11 nitrogen and oxygen atoms in total. The molecule has 30 heavy (non-hydrogen) atoms. The number of esters is 1. The molecule has 1 unspecified atom stereocenters. The molecule has 1 aliphatic heterocycles. The molecule has 0 bridgehead atoms. The van der Waals surface area contributed by atoms with Gasteiger partial charge in [0, 0.05) is 19.2 Å². The second-order valence-corrected chi connectivity index (χ2v) is 7.97. The van der Waals surface area contributed by atoms with Gasteiger partial charge in [-0.05, 0) is 11.5 Å². The average Bonchev–Trinajstić information content (AvgIpc) is 2.70. The number of nitro groups is 1. The van der Waals surface area contributed by atoms with Crippen LogP contribution in [0, 0.1) is 15.5 Å². The van der Waals surface area contributed by atoms with E-state index in [9.17, 15) is 24.8 Å². The first-order valence-corrected chi connectivity index (χ1v) is 9.26. The lowest BCUT2D eigenvalue weighted by Gasteiger charge is -2.49. The quantitative estimate of drug-likeness (QED) is 0.400. The van der Waals surface area contributed by atoms with E-state index in [-0.39, 0.29) is 48.9 Å². The molecule has 2 rings (SSSR count). The van der Waals surface area contributed by atoms with Crippen LogP contribution in [-0.4, -0.2) is 73.1 Å². The Balaban J connectivity index is 2.45. The van der Waals surface area contributed by atoms with E-state index >= 15 is 0 Å². The molecule has 166 valence electrons. The van der Waals surface area contributed by atoms with Gasteiger partial charge < -0.3 is 29.5 Å². The van der Waals surface area contributed by atoms with E-state index in [1.165, 1.54) is 25.2 Å². The highest BCUT2D eigenvalue weighted by Crippen LogP contribution is 2.40. The van der Waals surface area contributed by atoms with Gasteiger partial charge in [0.05, 0.1) is 37.9 Å². The molecule has 1 aromatic rings. The van der Waals surface area contributed by atoms with Crippen LogP contribution >= 0.6 is 0 Å². The lowest BCUT2D eigenvalue weighted by molar-refractivity contribution is -0.384. The molecule has 1 heterocycles. The van der Waals surface area contributed by atoms with Gasteiger partial charge >= 0.3 is 12.1 Å². The Morgan fingerprint density at radius 2 is 2.03 bits per heavy atom. The number of nitrogens with zero attached hydrogens (tertiary/aromatic N) is 2. The highest BCUT2D eigenvalue weighted by Gasteiger charge is 2.48. The molecule has 2 N–H and O–H groups in total. The summed E-state index contributed by atoms with van der Waals surface area (Å²) < 4.78 is 15.9. The predicted octanol–water partition coefficient (Wildman–Crippen LogP) is 2.60. The van der Waals surface area contributed by atoms with Crippen molar-refractivity contribution in [3.05, 3.63) is 27.8 Å². The third-order valence-corrected chi connectivity index (χ3v) is 5.29. The van der Waals surface area contributed by atoms with E-state index in [4.69, 9.17) is 9.47 Å². The Bertz CT molecular complexity index is 836. The molecule has 1 fully saturated rings. The number of ether oxygens (including phenoxy) is 3. The minimum Gasteiger partial charge on any atom is -0.494 e. The van der Waals surface area contributed by atoms with Crippen LogP contribution in [0.25, 0.3) is 0 Å². The largest absolute Gasteiger partial charge is 0.494 e. The Kier molecular flexibility index (Phi) is 6.76. The van der Waals surface area contributed by atoms with E-state index in [0.29, 0.717) is 0 Å². The summed E-state index contributed by atoms with van der Waals surface area (Å²) in [7, 11) is 2.50. The number of hydrogen-bond donors (Lipinski definition) is 2. The van der Waals surface area contributed by atoms with Crippen LogP contribution in [0.1, 0.15) is 31.1 Å². The first kappa shape index (κ1) is 23.2. The maximum atomic E-state index is 11.9. The summed E-state index contributed by atoms with van der Waals surface area (Å²) in [6, 6.07) is 2.45. The molecule has 1 aromatic carbocycles. The Labute approximate surface area is 174 Å². The van der Waals surface area contributed by atoms with Crippen molar-refractivity contribution in [1.29, 1.82) is 0 Å². The van der Waals surface area contributed by atoms with Crippen molar-refractivity contribution in [2.75, 3.05) is 45.8 Å². The molecule has 1 saturated heterocycles. The van der Waals surface area contributed by atoms with Crippen molar-refractivity contribution in [1.82, 2.24) is 4.90 Å². The van der Waals surface area contributed by atoms with Gasteiger partial charge in [-0.1, -0.05) is 20.8 Å². The van der Waals surface area contributed by atoms with Crippen LogP contribution < -0.4 is 10.1 Å². The third-order valence-electron chi connectivity index (χ3n) is 5.29. The summed E-state index contributed by atoms with van der Waals surface area (Å²) in [5, 5.41) is 24.1. The number of rotatable bonds is 6. The summed E-state index contributed by atoms with van der Waals surface area (Å²) in [5.41, 5.74) is -1.78. The van der Waals surface area contributed by atoms with Crippen LogP contribution in [0.15, 0.2) is 12.1 Å². The van der Waals surface area contributed by atoms with Crippen molar-refractivity contribution in [2.24, 2.45) is 5.41 Å². The van der Waals surface area contributed by atoms with Gasteiger partial charge in [-0.25, -0.2) is 9.59 Å². The fourth-order valence-corrected chi connectivity index (χ4v) is 3.32. The van der Waals surface area contributed by atoms with Crippen LogP contribution in [0.4, 0.5) is 16.2 Å². The number of morpholine rings is 1. The zero-order chi connectivity index (χ0) is 22.7. The van der Waals surface area contributed by atoms with Gasteiger partial charge in [0.25, 0.3) is 5.69 Å². The van der Waals surface area contributed by atoms with E-state index in [1.807, 2.05) is 20.8 Å². The minimum absolute atomic E-state index is 0.0249. The van der Waals surface area contributed by atoms with Gasteiger partial charge in [0.15, 0.2) is 5.69 Å². The molecule has 0 aromatic heterocycles. The number of nitrogens with one attached hydrogen (secondary N) is 1. The van der Waals surface area contributed by atoms with Crippen molar-refractivity contribution < 1.29 is 33.8 Å². The second kappa shape index (κ2) is 8.74. The molecule has 11 heteroatoms. The topological polar surface area (TPSA) is 140 Å². The van der Waals surface area contributed by atoms with Gasteiger partial charge in [0.1, 0.15) is 11.4 Å². The summed E-state index contributed by atoms with van der Waals surface area (Å²) in [6.07, 6.45) is -1.06. The molecule has 0 aliphatic carbocycles. The lowest BCUT2D eigenvalue weighted by Crippen LogP contribution is -2.62. The number of carboxylic acid groups (broad SMARTS) is 1. The highest BCUT2D eigenvalue weighted by molar-refractivity contribution is 5.93. The first-order chi connectivity index (χ1) is 14.0. The number of anilines is 1. The number of carbonyl (C=O) groups is 2. The zero-order valence-electron chi connectivity index (χ0n) is 17.7. The maximum Gasteiger partial charge on any atom is 0.407 e. The number of nitro benzene ring substituents is 1. The third kappa shape index (κ3) is 4.56. The lowest BCUT2D eigenvalue weighted by atomic mass is 9.75. The smallest absolute Gasteiger partial charge is 0.407 e. The van der Waals surface area contributed by atoms with Crippen molar-refractivity contribution in [3.8, 4) is 5.75 Å². The fraction of sp³-hybridized carbons (Fsp3) is 0.579. The summed E-state index contributed by atoms with van der Waals surface area (Å²) >= 11 is 0. The van der Waals surface area contributed by atoms with E-state index in [0.717, 1.165) is 6.07 Å². The number of methoxy groups -OCH3 is 2. The van der Waals surface area contributed by atoms with Crippen LogP contribution in [0.5, 0.6) is 5.75 Å². The summed E-state index contributed by atoms with van der Waals surface area (Å²) in [4.78, 5) is 35.7. The molecule has 0 spiro atoms. The fourth-order valence-electron chi connectivity index (χ4n) is 3.32. The van der Waals surface area contributed by atoms with E-state index < -0.39 is 28.0 Å². The monoisotopic (exact) mass is 425 g/mol. The summed E-state index contributed by atoms with van der Waals surface area (Å²) in [6.45, 7) is 6.34. The molecular formula is C19H27N3O8. The maximum absolute atomic E-state index is 11.9. The van der Waals surface area contributed by atoms with Gasteiger partial charge in [0.2, 0.25) is 0 Å². The minimum atomic E-state index is -1.06. The van der Waals surface area contributed by atoms with Gasteiger partial charge in [-0.3, -0.25) is 10.1 Å². The van der Waals surface area contributed by atoms with E-state index in [2.05, 4.69) is 10.1 Å². The SMILES string of the molecule is COC(=O)c1cc(OC)c(NCC2(C(C)(C)C)CN(C(=O)O)CCO2)c([N+](=O)[O-])c1. The number of benzene rings is 1. The van der Waals surface area contributed by atoms with Gasteiger partial charge in [-0.15, -0.1) is 0 Å². The van der Waals surface area contributed by atoms with Crippen LogP contribution in [0.2, 0.25) is 0 Å². The first-order valence-electron chi connectivity index (χ1n) is 9.26. The number of carbonyl (C=O) groups excluding carboxylic acids is 1. The molecule has 0 saturated carbocycles. The average molecular weight is 425 g/mol. The van der Waals surface area contributed by atoms with Crippen molar-refractivity contribution in [2.45, 2.75) is 26.4 Å². The highest BCUT2D eigenvalue weighted by atomic mass is 16.6. The van der Waals surface area contributed by atoms with Crippen molar-refractivity contribution >= 4 is 23.4 Å². The standard InChI is InChI=1S/C19H27N3O8/c1-18(2,3)19(11-21(17(24)25)6-7-30-19)10-20-15-13(22(26)27)8-12(16(23)29-5)9-14(15)28-4/h8-9,20H,6-7,10-11H2,1-5H3,(H,24,25). The van der Waals surface area contributed by atoms with Crippen LogP contribution in [-0.2, 0) is 9.47 Å². The summed E-state index contributed by atoms with van der Waals surface area (Å²) in [5.74, 6) is -0.651. The van der Waals surface area contributed by atoms with Crippen LogP contribution in [0.3, 0.4) is 0 Å². The number of hydrogen-bond acceptors (Lipinski definition) is 8. The van der Waals surface area contributed by atoms with Crippen molar-refractivity contribution in [3.63, 3.8) is 0 Å².